The molecule has 0 aliphatic rings. The molecule has 0 fully saturated rings. The van der Waals surface area contributed by atoms with Crippen molar-refractivity contribution in [3.8, 4) is 0 Å². The lowest BCUT2D eigenvalue weighted by Gasteiger charge is -2.19. The minimum atomic E-state index is -3.60. The SMILES string of the molecule is CCN(CC)S(=O)(=O)c1ccc(C)c(C(=O)NCCCc2ccc(N(C)C)cc2)c1. The molecule has 0 heterocycles. The van der Waals surface area contributed by atoms with Crippen LogP contribution in [0.25, 0.3) is 0 Å². The highest BCUT2D eigenvalue weighted by atomic mass is 32.2. The number of amides is 1. The third-order valence-electron chi connectivity index (χ3n) is 5.18. The maximum atomic E-state index is 12.8. The van der Waals surface area contributed by atoms with E-state index in [0.29, 0.717) is 25.2 Å². The van der Waals surface area contributed by atoms with Gasteiger partial charge in [0.25, 0.3) is 5.91 Å². The summed E-state index contributed by atoms with van der Waals surface area (Å²) in [5, 5.41) is 2.92. The van der Waals surface area contributed by atoms with Crippen molar-refractivity contribution in [3.05, 3.63) is 59.2 Å². The molecule has 0 bridgehead atoms. The van der Waals surface area contributed by atoms with E-state index in [-0.39, 0.29) is 10.8 Å². The molecule has 0 spiro atoms. The van der Waals surface area contributed by atoms with Gasteiger partial charge in [-0.15, -0.1) is 0 Å². The number of rotatable bonds is 10. The quantitative estimate of drug-likeness (QED) is 0.585. The van der Waals surface area contributed by atoms with Crippen molar-refractivity contribution >= 4 is 21.6 Å². The first kappa shape index (κ1) is 23.9. The van der Waals surface area contributed by atoms with Gasteiger partial charge in [-0.05, 0) is 55.2 Å². The molecule has 0 saturated carbocycles. The number of hydrogen-bond donors (Lipinski definition) is 1. The van der Waals surface area contributed by atoms with E-state index in [1.165, 1.54) is 15.9 Å². The van der Waals surface area contributed by atoms with Gasteiger partial charge in [-0.1, -0.05) is 32.0 Å². The van der Waals surface area contributed by atoms with E-state index in [1.807, 2.05) is 21.0 Å². The molecule has 6 nitrogen and oxygen atoms in total. The number of carbonyl (C=O) groups excluding carboxylic acids is 1. The van der Waals surface area contributed by atoms with Crippen molar-refractivity contribution in [1.29, 1.82) is 0 Å². The van der Waals surface area contributed by atoms with Gasteiger partial charge < -0.3 is 10.2 Å². The van der Waals surface area contributed by atoms with Crippen molar-refractivity contribution < 1.29 is 13.2 Å². The highest BCUT2D eigenvalue weighted by Gasteiger charge is 2.23. The van der Waals surface area contributed by atoms with Crippen LogP contribution < -0.4 is 10.2 Å². The molecule has 0 aliphatic carbocycles. The van der Waals surface area contributed by atoms with Crippen LogP contribution in [0.1, 0.15) is 41.8 Å². The lowest BCUT2D eigenvalue weighted by molar-refractivity contribution is 0.0952. The van der Waals surface area contributed by atoms with Gasteiger partial charge >= 0.3 is 0 Å². The Kier molecular flexibility index (Phi) is 8.43. The Labute approximate surface area is 180 Å². The summed E-state index contributed by atoms with van der Waals surface area (Å²) >= 11 is 0. The van der Waals surface area contributed by atoms with E-state index in [0.717, 1.165) is 24.1 Å². The molecule has 7 heteroatoms. The Morgan fingerprint density at radius 2 is 1.63 bits per heavy atom. The molecule has 2 aromatic carbocycles. The van der Waals surface area contributed by atoms with E-state index in [4.69, 9.17) is 0 Å². The standard InChI is InChI=1S/C23H33N3O3S/c1-6-26(7-2)30(28,29)21-15-10-18(3)22(17-21)23(27)24-16-8-9-19-11-13-20(14-12-19)25(4)5/h10-15,17H,6-9,16H2,1-5H3,(H,24,27). The van der Waals surface area contributed by atoms with Crippen molar-refractivity contribution in [2.24, 2.45) is 0 Å². The summed E-state index contributed by atoms with van der Waals surface area (Å²) in [5.41, 5.74) is 3.53. The molecule has 0 aliphatic heterocycles. The fourth-order valence-corrected chi connectivity index (χ4v) is 4.75. The van der Waals surface area contributed by atoms with Crippen LogP contribution in [0.15, 0.2) is 47.4 Å². The van der Waals surface area contributed by atoms with Gasteiger partial charge in [-0.25, -0.2) is 8.42 Å². The van der Waals surface area contributed by atoms with Crippen LogP contribution in [0.4, 0.5) is 5.69 Å². The van der Waals surface area contributed by atoms with Gasteiger partial charge in [0.2, 0.25) is 10.0 Å². The second-order valence-corrected chi connectivity index (χ2v) is 9.42. The molecule has 1 N–H and O–H groups in total. The molecule has 2 aromatic rings. The van der Waals surface area contributed by atoms with Gasteiger partial charge in [0, 0.05) is 45.0 Å². The third kappa shape index (κ3) is 5.83. The van der Waals surface area contributed by atoms with E-state index in [1.54, 1.807) is 26.0 Å². The van der Waals surface area contributed by atoms with Crippen LogP contribution in [0.2, 0.25) is 0 Å². The van der Waals surface area contributed by atoms with Crippen LogP contribution in [-0.2, 0) is 16.4 Å². The molecular formula is C23H33N3O3S. The summed E-state index contributed by atoms with van der Waals surface area (Å²) in [7, 11) is 0.422. The zero-order valence-corrected chi connectivity index (χ0v) is 19.4. The van der Waals surface area contributed by atoms with E-state index >= 15 is 0 Å². The second-order valence-electron chi connectivity index (χ2n) is 7.49. The Bertz CT molecular complexity index is 950. The Balaban J connectivity index is 2.00. The lowest BCUT2D eigenvalue weighted by Crippen LogP contribution is -2.31. The first-order valence-electron chi connectivity index (χ1n) is 10.4. The summed E-state index contributed by atoms with van der Waals surface area (Å²) in [6.07, 6.45) is 1.67. The molecule has 0 radical (unpaired) electrons. The summed E-state index contributed by atoms with van der Waals surface area (Å²) in [4.78, 5) is 14.9. The van der Waals surface area contributed by atoms with Crippen molar-refractivity contribution in [2.75, 3.05) is 38.6 Å². The van der Waals surface area contributed by atoms with Gasteiger partial charge in [0.15, 0.2) is 0 Å². The predicted octanol–water partition coefficient (Wildman–Crippen LogP) is 3.45. The number of benzene rings is 2. The molecule has 0 aromatic heterocycles. The number of nitrogens with zero attached hydrogens (tertiary/aromatic N) is 2. The van der Waals surface area contributed by atoms with Crippen LogP contribution in [0.5, 0.6) is 0 Å². The van der Waals surface area contributed by atoms with Crippen molar-refractivity contribution in [2.45, 2.75) is 38.5 Å². The first-order valence-corrected chi connectivity index (χ1v) is 11.8. The topological polar surface area (TPSA) is 69.7 Å². The maximum absolute atomic E-state index is 12.8. The minimum Gasteiger partial charge on any atom is -0.378 e. The zero-order chi connectivity index (χ0) is 22.3. The number of hydrogen-bond acceptors (Lipinski definition) is 4. The predicted molar refractivity (Wildman–Crippen MR) is 123 cm³/mol. The van der Waals surface area contributed by atoms with Gasteiger partial charge in [0.05, 0.1) is 4.90 Å². The first-order chi connectivity index (χ1) is 14.2. The maximum Gasteiger partial charge on any atom is 0.251 e. The number of anilines is 1. The number of aryl methyl sites for hydroxylation is 2. The number of nitrogens with one attached hydrogen (secondary N) is 1. The third-order valence-corrected chi connectivity index (χ3v) is 7.22. The molecule has 164 valence electrons. The van der Waals surface area contributed by atoms with E-state index in [2.05, 4.69) is 34.5 Å². The zero-order valence-electron chi connectivity index (χ0n) is 18.6. The molecule has 30 heavy (non-hydrogen) atoms. The number of sulfonamides is 1. The molecule has 0 saturated heterocycles. The summed E-state index contributed by atoms with van der Waals surface area (Å²) in [5.74, 6) is -0.243. The fourth-order valence-electron chi connectivity index (χ4n) is 3.27. The Morgan fingerprint density at radius 1 is 1.00 bits per heavy atom. The van der Waals surface area contributed by atoms with Gasteiger partial charge in [0.1, 0.15) is 0 Å². The minimum absolute atomic E-state index is 0.155. The van der Waals surface area contributed by atoms with Crippen LogP contribution in [-0.4, -0.2) is 52.4 Å². The van der Waals surface area contributed by atoms with E-state index in [9.17, 15) is 13.2 Å². The molecule has 2 rings (SSSR count). The number of carbonyl (C=O) groups is 1. The van der Waals surface area contributed by atoms with Crippen LogP contribution in [0, 0.1) is 6.92 Å². The molecule has 0 atom stereocenters. The van der Waals surface area contributed by atoms with E-state index < -0.39 is 10.0 Å². The highest BCUT2D eigenvalue weighted by molar-refractivity contribution is 7.89. The Hall–Kier alpha value is -2.38. The van der Waals surface area contributed by atoms with Crippen molar-refractivity contribution in [1.82, 2.24) is 9.62 Å². The molecule has 0 unspecified atom stereocenters. The summed E-state index contributed by atoms with van der Waals surface area (Å²) in [6, 6.07) is 13.1. The highest BCUT2D eigenvalue weighted by Crippen LogP contribution is 2.20. The summed E-state index contributed by atoms with van der Waals surface area (Å²) in [6.45, 7) is 6.73. The van der Waals surface area contributed by atoms with Gasteiger partial charge in [-0.2, -0.15) is 4.31 Å². The van der Waals surface area contributed by atoms with Gasteiger partial charge in [-0.3, -0.25) is 4.79 Å². The average molecular weight is 432 g/mol. The summed E-state index contributed by atoms with van der Waals surface area (Å²) < 4.78 is 26.9. The fraction of sp³-hybridized carbons (Fsp3) is 0.435. The second kappa shape index (κ2) is 10.6. The van der Waals surface area contributed by atoms with Crippen LogP contribution in [0.3, 0.4) is 0 Å². The van der Waals surface area contributed by atoms with Crippen molar-refractivity contribution in [3.63, 3.8) is 0 Å². The Morgan fingerprint density at radius 3 is 2.20 bits per heavy atom. The monoisotopic (exact) mass is 431 g/mol. The lowest BCUT2D eigenvalue weighted by atomic mass is 10.1. The largest absolute Gasteiger partial charge is 0.378 e. The molecule has 1 amide bonds. The average Bonchev–Trinajstić information content (AvgIpc) is 2.72. The van der Waals surface area contributed by atoms with Crippen LogP contribution >= 0.6 is 0 Å². The molecular weight excluding hydrogens is 398 g/mol. The normalized spacial score (nSPS) is 11.5. The smallest absolute Gasteiger partial charge is 0.251 e.